The number of fused-ring (bicyclic) bond motifs is 1. The largest absolute Gasteiger partial charge is 0.386 e. The summed E-state index contributed by atoms with van der Waals surface area (Å²) in [7, 11) is 0. The number of pyridine rings is 1. The summed E-state index contributed by atoms with van der Waals surface area (Å²) in [6.45, 7) is 4.41. The molecule has 3 N–H and O–H groups in total. The smallest absolute Gasteiger partial charge is 0.0843 e. The molecule has 1 saturated carbocycles. The molecule has 5 heteroatoms. The van der Waals surface area contributed by atoms with Gasteiger partial charge >= 0.3 is 0 Å². The van der Waals surface area contributed by atoms with Crippen LogP contribution < -0.4 is 5.73 Å². The molecular formula is C35H39ClN2OS. The normalized spacial score (nSPS) is 16.4. The van der Waals surface area contributed by atoms with E-state index in [4.69, 9.17) is 34.9 Å². The second-order valence-electron chi connectivity index (χ2n) is 11.8. The molecule has 0 saturated heterocycles. The van der Waals surface area contributed by atoms with E-state index in [1.165, 1.54) is 24.0 Å². The lowest BCUT2D eigenvalue weighted by molar-refractivity contribution is 0.0775. The van der Waals surface area contributed by atoms with E-state index in [9.17, 15) is 5.11 Å². The van der Waals surface area contributed by atoms with Crippen molar-refractivity contribution in [1.82, 2.24) is 4.98 Å². The van der Waals surface area contributed by atoms with Crippen LogP contribution >= 0.6 is 24.2 Å². The molecule has 1 aromatic heterocycles. The highest BCUT2D eigenvalue weighted by Gasteiger charge is 2.49. The number of aromatic nitrogens is 1. The molecule has 208 valence electrons. The van der Waals surface area contributed by atoms with Crippen LogP contribution in [0.4, 0.5) is 0 Å². The van der Waals surface area contributed by atoms with Gasteiger partial charge in [-0.15, -0.1) is 0 Å². The Labute approximate surface area is 248 Å². The summed E-state index contributed by atoms with van der Waals surface area (Å²) in [5.74, 6) is 0.265. The molecule has 0 aliphatic heterocycles. The van der Waals surface area contributed by atoms with Crippen molar-refractivity contribution < 1.29 is 5.11 Å². The standard InChI is InChI=1S/C35H39ClN2OS/c1-34(2,39)31-9-4-3-7-25(31)13-17-30(33(40)35(18-19-35)20-21-37)27-8-5-6-24(22-27)10-15-29-16-12-26-11-14-28(36)23-32(26)38-29/h3-12,14-16,22-23,30,33,39-40H,13,17-21,37H2,1-2H3/b15-10+/t30-,33?/m0/s1. The number of aryl methyl sites for hydroxylation is 1. The van der Waals surface area contributed by atoms with Crippen molar-refractivity contribution in [3.8, 4) is 0 Å². The molecule has 0 radical (unpaired) electrons. The summed E-state index contributed by atoms with van der Waals surface area (Å²) >= 11 is 11.5. The first-order valence-corrected chi connectivity index (χ1v) is 15.1. The monoisotopic (exact) mass is 570 g/mol. The molecule has 1 unspecified atom stereocenters. The molecule has 3 nitrogen and oxygen atoms in total. The summed E-state index contributed by atoms with van der Waals surface area (Å²) in [6.07, 6.45) is 9.40. The minimum Gasteiger partial charge on any atom is -0.386 e. The van der Waals surface area contributed by atoms with Gasteiger partial charge in [-0.2, -0.15) is 12.6 Å². The van der Waals surface area contributed by atoms with Gasteiger partial charge in [-0.1, -0.05) is 78.3 Å². The number of thiol groups is 1. The third-order valence-corrected chi connectivity index (χ3v) is 9.55. The van der Waals surface area contributed by atoms with Crippen LogP contribution in [0.25, 0.3) is 23.1 Å². The van der Waals surface area contributed by atoms with Crippen molar-refractivity contribution in [2.75, 3.05) is 6.54 Å². The summed E-state index contributed by atoms with van der Waals surface area (Å²) < 4.78 is 0. The fraction of sp³-hybridized carbons (Fsp3) is 0.343. The average molecular weight is 571 g/mol. The Morgan fingerprint density at radius 3 is 2.55 bits per heavy atom. The van der Waals surface area contributed by atoms with Gasteiger partial charge in [-0.05, 0) is 110 Å². The van der Waals surface area contributed by atoms with E-state index in [0.717, 1.165) is 47.0 Å². The van der Waals surface area contributed by atoms with Gasteiger partial charge in [0.1, 0.15) is 0 Å². The Bertz CT molecular complexity index is 1510. The van der Waals surface area contributed by atoms with Gasteiger partial charge in [0, 0.05) is 15.7 Å². The summed E-state index contributed by atoms with van der Waals surface area (Å²) in [6, 6.07) is 27.0. The molecule has 2 atom stereocenters. The molecule has 1 aliphatic rings. The predicted octanol–water partition coefficient (Wildman–Crippen LogP) is 8.43. The van der Waals surface area contributed by atoms with E-state index < -0.39 is 5.60 Å². The average Bonchev–Trinajstić information content (AvgIpc) is 3.72. The first-order chi connectivity index (χ1) is 19.2. The summed E-state index contributed by atoms with van der Waals surface area (Å²) in [4.78, 5) is 4.77. The summed E-state index contributed by atoms with van der Waals surface area (Å²) in [5.41, 5.74) is 11.8. The Balaban J connectivity index is 1.42. The molecule has 0 amide bonds. The number of benzene rings is 3. The van der Waals surface area contributed by atoms with E-state index in [2.05, 4.69) is 54.6 Å². The van der Waals surface area contributed by atoms with Crippen molar-refractivity contribution >= 4 is 47.3 Å². The van der Waals surface area contributed by atoms with Crippen LogP contribution in [0.15, 0.2) is 78.9 Å². The first-order valence-electron chi connectivity index (χ1n) is 14.2. The number of aliphatic hydroxyl groups is 1. The molecule has 5 rings (SSSR count). The number of rotatable bonds is 11. The van der Waals surface area contributed by atoms with Crippen LogP contribution in [0.1, 0.15) is 73.4 Å². The van der Waals surface area contributed by atoms with Gasteiger partial charge in [0.05, 0.1) is 16.8 Å². The van der Waals surface area contributed by atoms with Gasteiger partial charge in [0.15, 0.2) is 0 Å². The fourth-order valence-electron chi connectivity index (χ4n) is 6.00. The van der Waals surface area contributed by atoms with Crippen molar-refractivity contribution in [3.05, 3.63) is 112 Å². The maximum atomic E-state index is 10.8. The Morgan fingerprint density at radius 1 is 1.02 bits per heavy atom. The van der Waals surface area contributed by atoms with Gasteiger partial charge in [0.25, 0.3) is 0 Å². The lowest BCUT2D eigenvalue weighted by Crippen LogP contribution is -2.27. The van der Waals surface area contributed by atoms with Gasteiger partial charge in [-0.25, -0.2) is 4.98 Å². The minimum absolute atomic E-state index is 0.209. The minimum atomic E-state index is -0.878. The second kappa shape index (κ2) is 12.1. The molecule has 1 aliphatic carbocycles. The van der Waals surface area contributed by atoms with Crippen molar-refractivity contribution in [3.63, 3.8) is 0 Å². The molecule has 1 heterocycles. The maximum Gasteiger partial charge on any atom is 0.0843 e. The highest BCUT2D eigenvalue weighted by atomic mass is 35.5. The van der Waals surface area contributed by atoms with E-state index in [1.807, 2.05) is 50.2 Å². The molecule has 40 heavy (non-hydrogen) atoms. The maximum absolute atomic E-state index is 10.8. The van der Waals surface area contributed by atoms with Gasteiger partial charge in [-0.3, -0.25) is 0 Å². The van der Waals surface area contributed by atoms with Crippen LogP contribution in [0.5, 0.6) is 0 Å². The van der Waals surface area contributed by atoms with E-state index in [1.54, 1.807) is 0 Å². The lowest BCUT2D eigenvalue weighted by Gasteiger charge is -2.32. The van der Waals surface area contributed by atoms with Crippen LogP contribution in [-0.4, -0.2) is 21.9 Å². The highest BCUT2D eigenvalue weighted by molar-refractivity contribution is 7.81. The third kappa shape index (κ3) is 6.63. The Morgan fingerprint density at radius 2 is 1.80 bits per heavy atom. The zero-order valence-electron chi connectivity index (χ0n) is 23.4. The zero-order chi connectivity index (χ0) is 28.3. The third-order valence-electron chi connectivity index (χ3n) is 8.41. The van der Waals surface area contributed by atoms with Crippen molar-refractivity contribution in [2.45, 2.75) is 62.7 Å². The fourth-order valence-corrected chi connectivity index (χ4v) is 6.87. The Kier molecular flexibility index (Phi) is 8.72. The number of nitrogens with zero attached hydrogens (tertiary/aromatic N) is 1. The Hall–Kier alpha value is -2.63. The second-order valence-corrected chi connectivity index (χ2v) is 12.8. The first kappa shape index (κ1) is 28.9. The van der Waals surface area contributed by atoms with Crippen molar-refractivity contribution in [1.29, 1.82) is 0 Å². The van der Waals surface area contributed by atoms with Crippen LogP contribution in [-0.2, 0) is 12.0 Å². The molecular weight excluding hydrogens is 532 g/mol. The van der Waals surface area contributed by atoms with E-state index in [-0.39, 0.29) is 16.6 Å². The SMILES string of the molecule is CC(C)(O)c1ccccc1CC[C@@H](c1cccc(/C=C/c2ccc3ccc(Cl)cc3n2)c1)C(S)C1(CCN)CC1. The van der Waals surface area contributed by atoms with E-state index >= 15 is 0 Å². The van der Waals surface area contributed by atoms with Crippen molar-refractivity contribution in [2.24, 2.45) is 11.1 Å². The lowest BCUT2D eigenvalue weighted by atomic mass is 9.79. The number of hydrogen-bond donors (Lipinski definition) is 3. The quantitative estimate of drug-likeness (QED) is 0.159. The molecule has 0 bridgehead atoms. The van der Waals surface area contributed by atoms with Crippen LogP contribution in [0.3, 0.4) is 0 Å². The molecule has 1 fully saturated rings. The molecule has 0 spiro atoms. The van der Waals surface area contributed by atoms with Gasteiger partial charge < -0.3 is 10.8 Å². The van der Waals surface area contributed by atoms with Crippen LogP contribution in [0, 0.1) is 5.41 Å². The molecule has 4 aromatic rings. The topological polar surface area (TPSA) is 59.1 Å². The predicted molar refractivity (Wildman–Crippen MR) is 173 cm³/mol. The van der Waals surface area contributed by atoms with Gasteiger partial charge in [0.2, 0.25) is 0 Å². The summed E-state index contributed by atoms with van der Waals surface area (Å²) in [5, 5.41) is 12.8. The van der Waals surface area contributed by atoms with E-state index in [0.29, 0.717) is 11.6 Å². The molecule has 3 aromatic carbocycles. The van der Waals surface area contributed by atoms with Crippen LogP contribution in [0.2, 0.25) is 5.02 Å². The number of hydrogen-bond acceptors (Lipinski definition) is 4. The highest BCUT2D eigenvalue weighted by Crippen LogP contribution is 2.57. The number of halogens is 1. The zero-order valence-corrected chi connectivity index (χ0v) is 25.0. The number of nitrogens with two attached hydrogens (primary N) is 1.